The summed E-state index contributed by atoms with van der Waals surface area (Å²) in [5, 5.41) is 5.73. The molecule has 0 aliphatic rings. The number of carbonyl (C=O) groups is 2. The molecule has 5 nitrogen and oxygen atoms in total. The van der Waals surface area contributed by atoms with Crippen LogP contribution < -0.4 is 10.6 Å². The van der Waals surface area contributed by atoms with Crippen molar-refractivity contribution in [1.29, 1.82) is 0 Å². The van der Waals surface area contributed by atoms with Crippen molar-refractivity contribution in [3.8, 4) is 0 Å². The van der Waals surface area contributed by atoms with Crippen LogP contribution in [0.15, 0.2) is 42.5 Å². The zero-order valence-corrected chi connectivity index (χ0v) is 14.5. The van der Waals surface area contributed by atoms with Gasteiger partial charge < -0.3 is 15.5 Å². The van der Waals surface area contributed by atoms with Crippen LogP contribution in [0, 0.1) is 13.8 Å². The molecule has 0 saturated carbocycles. The smallest absolute Gasteiger partial charge is 0.321 e. The molecule has 0 aliphatic carbocycles. The minimum atomic E-state index is -0.207. The highest BCUT2D eigenvalue weighted by Crippen LogP contribution is 2.23. The van der Waals surface area contributed by atoms with Gasteiger partial charge in [0.1, 0.15) is 0 Å². The lowest BCUT2D eigenvalue weighted by atomic mass is 10.1. The zero-order chi connectivity index (χ0) is 17.7. The first-order chi connectivity index (χ1) is 11.4. The molecule has 0 aromatic heterocycles. The molecule has 3 amide bonds. The lowest BCUT2D eigenvalue weighted by Crippen LogP contribution is -2.27. The second-order valence-corrected chi connectivity index (χ2v) is 6.01. The average molecular weight is 325 g/mol. The molecule has 0 atom stereocenters. The number of hydrogen-bond donors (Lipinski definition) is 2. The lowest BCUT2D eigenvalue weighted by molar-refractivity contribution is -0.115. The standard InChI is InChI=1S/C19H23N3O2/c1-13-8-10-15(11-9-13)12-18(23)20-16-6-5-7-17(14(16)2)21-19(24)22(3)4/h5-11H,12H2,1-4H3,(H,20,23)(H,21,24). The van der Waals surface area contributed by atoms with Gasteiger partial charge in [-0.2, -0.15) is 0 Å². The topological polar surface area (TPSA) is 61.4 Å². The predicted octanol–water partition coefficient (Wildman–Crippen LogP) is 3.58. The molecule has 0 aliphatic heterocycles. The number of amides is 3. The van der Waals surface area contributed by atoms with E-state index in [9.17, 15) is 9.59 Å². The minimum Gasteiger partial charge on any atom is -0.331 e. The lowest BCUT2D eigenvalue weighted by Gasteiger charge is -2.16. The number of aryl methyl sites for hydroxylation is 1. The summed E-state index contributed by atoms with van der Waals surface area (Å²) in [5.41, 5.74) is 4.34. The number of urea groups is 1. The van der Waals surface area contributed by atoms with E-state index in [0.29, 0.717) is 17.8 Å². The Morgan fingerprint density at radius 1 is 0.917 bits per heavy atom. The fourth-order valence-corrected chi connectivity index (χ4v) is 2.22. The molecule has 0 spiro atoms. The van der Waals surface area contributed by atoms with E-state index in [1.54, 1.807) is 20.2 Å². The summed E-state index contributed by atoms with van der Waals surface area (Å²) in [5.74, 6) is -0.0851. The molecule has 0 fully saturated rings. The summed E-state index contributed by atoms with van der Waals surface area (Å²) in [6.07, 6.45) is 0.313. The number of carbonyl (C=O) groups excluding carboxylic acids is 2. The first-order valence-electron chi connectivity index (χ1n) is 7.80. The van der Waals surface area contributed by atoms with Crippen LogP contribution >= 0.6 is 0 Å². The third-order valence-electron chi connectivity index (χ3n) is 3.74. The highest BCUT2D eigenvalue weighted by molar-refractivity contribution is 5.96. The average Bonchev–Trinajstić information content (AvgIpc) is 2.53. The van der Waals surface area contributed by atoms with Gasteiger partial charge in [0, 0.05) is 25.5 Å². The molecule has 2 aromatic rings. The van der Waals surface area contributed by atoms with Crippen LogP contribution in [0.5, 0.6) is 0 Å². The number of hydrogen-bond acceptors (Lipinski definition) is 2. The molecule has 0 bridgehead atoms. The highest BCUT2D eigenvalue weighted by Gasteiger charge is 2.11. The van der Waals surface area contributed by atoms with Gasteiger partial charge in [-0.25, -0.2) is 4.79 Å². The molecular formula is C19H23N3O2. The SMILES string of the molecule is Cc1ccc(CC(=O)Nc2cccc(NC(=O)N(C)C)c2C)cc1. The zero-order valence-electron chi connectivity index (χ0n) is 14.5. The monoisotopic (exact) mass is 325 g/mol. The maximum absolute atomic E-state index is 12.3. The quantitative estimate of drug-likeness (QED) is 0.902. The third kappa shape index (κ3) is 4.59. The summed E-state index contributed by atoms with van der Waals surface area (Å²) in [6, 6.07) is 13.1. The van der Waals surface area contributed by atoms with E-state index in [4.69, 9.17) is 0 Å². The van der Waals surface area contributed by atoms with Gasteiger partial charge in [-0.15, -0.1) is 0 Å². The van der Waals surface area contributed by atoms with Crippen LogP contribution in [0.3, 0.4) is 0 Å². The van der Waals surface area contributed by atoms with Crippen molar-refractivity contribution in [3.63, 3.8) is 0 Å². The number of nitrogens with one attached hydrogen (secondary N) is 2. The number of benzene rings is 2. The second-order valence-electron chi connectivity index (χ2n) is 6.01. The van der Waals surface area contributed by atoms with Crippen molar-refractivity contribution in [2.24, 2.45) is 0 Å². The van der Waals surface area contributed by atoms with Crippen LogP contribution in [0.25, 0.3) is 0 Å². The fraction of sp³-hybridized carbons (Fsp3) is 0.263. The van der Waals surface area contributed by atoms with E-state index in [-0.39, 0.29) is 11.9 Å². The predicted molar refractivity (Wildman–Crippen MR) is 97.4 cm³/mol. The molecule has 5 heteroatoms. The van der Waals surface area contributed by atoms with E-state index >= 15 is 0 Å². The largest absolute Gasteiger partial charge is 0.331 e. The molecule has 2 N–H and O–H groups in total. The molecule has 126 valence electrons. The first-order valence-corrected chi connectivity index (χ1v) is 7.80. The maximum Gasteiger partial charge on any atom is 0.321 e. The Morgan fingerprint density at radius 2 is 1.50 bits per heavy atom. The summed E-state index contributed by atoms with van der Waals surface area (Å²) >= 11 is 0. The number of anilines is 2. The summed E-state index contributed by atoms with van der Waals surface area (Å²) in [4.78, 5) is 25.5. The third-order valence-corrected chi connectivity index (χ3v) is 3.74. The number of rotatable bonds is 4. The Hall–Kier alpha value is -2.82. The van der Waals surface area contributed by atoms with Gasteiger partial charge in [-0.05, 0) is 37.1 Å². The van der Waals surface area contributed by atoms with Crippen molar-refractivity contribution in [2.75, 3.05) is 24.7 Å². The van der Waals surface area contributed by atoms with E-state index in [1.165, 1.54) is 10.5 Å². The van der Waals surface area contributed by atoms with E-state index in [2.05, 4.69) is 10.6 Å². The Bertz CT molecular complexity index is 737. The Morgan fingerprint density at radius 3 is 2.08 bits per heavy atom. The van der Waals surface area contributed by atoms with E-state index in [1.807, 2.05) is 50.2 Å². The summed E-state index contributed by atoms with van der Waals surface area (Å²) in [7, 11) is 3.36. The fourth-order valence-electron chi connectivity index (χ4n) is 2.22. The van der Waals surface area contributed by atoms with Crippen molar-refractivity contribution < 1.29 is 9.59 Å². The van der Waals surface area contributed by atoms with Gasteiger partial charge in [0.05, 0.1) is 6.42 Å². The molecule has 0 saturated heterocycles. The van der Waals surface area contributed by atoms with Crippen molar-refractivity contribution in [3.05, 3.63) is 59.2 Å². The summed E-state index contributed by atoms with van der Waals surface area (Å²) in [6.45, 7) is 3.88. The first kappa shape index (κ1) is 17.5. The van der Waals surface area contributed by atoms with Gasteiger partial charge in [-0.3, -0.25) is 4.79 Å². The van der Waals surface area contributed by atoms with Crippen molar-refractivity contribution in [1.82, 2.24) is 4.90 Å². The summed E-state index contributed by atoms with van der Waals surface area (Å²) < 4.78 is 0. The maximum atomic E-state index is 12.3. The molecule has 0 heterocycles. The Balaban J connectivity index is 2.07. The van der Waals surface area contributed by atoms with Gasteiger partial charge in [0.25, 0.3) is 0 Å². The molecule has 24 heavy (non-hydrogen) atoms. The Labute approximate surface area is 142 Å². The normalized spacial score (nSPS) is 10.2. The minimum absolute atomic E-state index is 0.0851. The molecule has 0 radical (unpaired) electrons. The van der Waals surface area contributed by atoms with Crippen molar-refractivity contribution >= 4 is 23.3 Å². The van der Waals surface area contributed by atoms with Crippen molar-refractivity contribution in [2.45, 2.75) is 20.3 Å². The van der Waals surface area contributed by atoms with E-state index < -0.39 is 0 Å². The van der Waals surface area contributed by atoms with Gasteiger partial charge >= 0.3 is 6.03 Å². The van der Waals surface area contributed by atoms with Gasteiger partial charge in [0.15, 0.2) is 0 Å². The molecule has 2 aromatic carbocycles. The van der Waals surface area contributed by atoms with Crippen LogP contribution in [0.1, 0.15) is 16.7 Å². The number of nitrogens with zero attached hydrogens (tertiary/aromatic N) is 1. The Kier molecular flexibility index (Phi) is 5.58. The molecule has 2 rings (SSSR count). The van der Waals surface area contributed by atoms with Gasteiger partial charge in [-0.1, -0.05) is 35.9 Å². The second kappa shape index (κ2) is 7.64. The molecule has 0 unspecified atom stereocenters. The highest BCUT2D eigenvalue weighted by atomic mass is 16.2. The van der Waals surface area contributed by atoms with Crippen LogP contribution in [0.4, 0.5) is 16.2 Å². The van der Waals surface area contributed by atoms with Crippen LogP contribution in [0.2, 0.25) is 0 Å². The van der Waals surface area contributed by atoms with Gasteiger partial charge in [0.2, 0.25) is 5.91 Å². The molecular weight excluding hydrogens is 302 g/mol. The van der Waals surface area contributed by atoms with Crippen LogP contribution in [-0.4, -0.2) is 30.9 Å². The van der Waals surface area contributed by atoms with E-state index in [0.717, 1.165) is 11.1 Å². The van der Waals surface area contributed by atoms with Crippen LogP contribution in [-0.2, 0) is 11.2 Å².